The minimum absolute atomic E-state index is 0.000880. The van der Waals surface area contributed by atoms with Crippen molar-refractivity contribution in [2.75, 3.05) is 12.3 Å². The highest BCUT2D eigenvalue weighted by Gasteiger charge is 2.34. The molecule has 1 aliphatic rings. The summed E-state index contributed by atoms with van der Waals surface area (Å²) in [6, 6.07) is 1.37. The summed E-state index contributed by atoms with van der Waals surface area (Å²) < 4.78 is 0. The number of rotatable bonds is 2. The van der Waals surface area contributed by atoms with Crippen molar-refractivity contribution < 1.29 is 9.72 Å². The molecule has 1 aromatic rings. The lowest BCUT2D eigenvalue weighted by atomic mass is 10.1. The molecule has 1 amide bonds. The number of nitrogens with zero attached hydrogens (tertiary/aromatic N) is 3. The smallest absolute Gasteiger partial charge is 0.319 e. The Balaban J connectivity index is 2.39. The number of nitro groups is 1. The van der Waals surface area contributed by atoms with E-state index in [0.29, 0.717) is 11.8 Å². The van der Waals surface area contributed by atoms with Gasteiger partial charge in [-0.1, -0.05) is 18.5 Å². The van der Waals surface area contributed by atoms with Gasteiger partial charge in [0.05, 0.1) is 4.92 Å². The molecule has 0 spiro atoms. The van der Waals surface area contributed by atoms with Crippen LogP contribution in [0.3, 0.4) is 0 Å². The number of carbonyl (C=O) groups excluding carboxylic acids is 1. The highest BCUT2D eigenvalue weighted by Crippen LogP contribution is 2.30. The number of carbonyl (C=O) groups is 1. The van der Waals surface area contributed by atoms with Crippen LogP contribution in [0.2, 0.25) is 5.15 Å². The van der Waals surface area contributed by atoms with E-state index in [1.807, 2.05) is 13.8 Å². The van der Waals surface area contributed by atoms with Crippen LogP contribution in [0.1, 0.15) is 24.2 Å². The molecule has 1 aliphatic heterocycles. The zero-order valence-electron chi connectivity index (χ0n) is 11.1. The fourth-order valence-corrected chi connectivity index (χ4v) is 3.48. The van der Waals surface area contributed by atoms with Gasteiger partial charge in [0.2, 0.25) is 5.15 Å². The molecule has 1 saturated heterocycles. The van der Waals surface area contributed by atoms with E-state index in [2.05, 4.69) is 4.98 Å². The van der Waals surface area contributed by atoms with E-state index in [9.17, 15) is 14.9 Å². The molecule has 1 aromatic heterocycles. The third-order valence-electron chi connectivity index (χ3n) is 3.44. The van der Waals surface area contributed by atoms with Gasteiger partial charge in [-0.15, -0.1) is 0 Å². The summed E-state index contributed by atoms with van der Waals surface area (Å²) in [6.07, 6.45) is 1.31. The normalized spacial score (nSPS) is 22.6. The molecule has 2 rings (SSSR count). The van der Waals surface area contributed by atoms with Crippen molar-refractivity contribution >= 4 is 35.0 Å². The predicted molar refractivity (Wildman–Crippen MR) is 78.3 cm³/mol. The number of hydrogen-bond donors (Lipinski definition) is 0. The first-order valence-corrected chi connectivity index (χ1v) is 7.57. The lowest BCUT2D eigenvalue weighted by Gasteiger charge is -2.37. The van der Waals surface area contributed by atoms with Crippen molar-refractivity contribution in [3.05, 3.63) is 33.1 Å². The maximum atomic E-state index is 12.6. The molecule has 2 atom stereocenters. The predicted octanol–water partition coefficient (Wildman–Crippen LogP) is 2.61. The molecule has 1 fully saturated rings. The Morgan fingerprint density at radius 1 is 1.60 bits per heavy atom. The largest absolute Gasteiger partial charge is 0.334 e. The van der Waals surface area contributed by atoms with Gasteiger partial charge in [-0.05, 0) is 13.0 Å². The van der Waals surface area contributed by atoms with Crippen LogP contribution in [-0.2, 0) is 0 Å². The van der Waals surface area contributed by atoms with Crippen LogP contribution < -0.4 is 0 Å². The summed E-state index contributed by atoms with van der Waals surface area (Å²) in [6.45, 7) is 4.57. The highest BCUT2D eigenvalue weighted by atomic mass is 35.5. The fourth-order valence-electron chi connectivity index (χ4n) is 2.15. The molecule has 2 heterocycles. The zero-order chi connectivity index (χ0) is 14.9. The molecule has 0 aromatic carbocycles. The second-order valence-electron chi connectivity index (χ2n) is 4.57. The first kappa shape index (κ1) is 15.1. The topological polar surface area (TPSA) is 76.3 Å². The van der Waals surface area contributed by atoms with Gasteiger partial charge in [0.1, 0.15) is 5.56 Å². The van der Waals surface area contributed by atoms with Gasteiger partial charge < -0.3 is 4.90 Å². The van der Waals surface area contributed by atoms with Crippen molar-refractivity contribution in [3.8, 4) is 0 Å². The fraction of sp³-hybridized carbons (Fsp3) is 0.500. The number of hydrogen-bond acceptors (Lipinski definition) is 5. The van der Waals surface area contributed by atoms with Crippen molar-refractivity contribution in [3.63, 3.8) is 0 Å². The second kappa shape index (κ2) is 5.97. The number of thioether (sulfide) groups is 1. The van der Waals surface area contributed by atoms with Crippen LogP contribution in [0.5, 0.6) is 0 Å². The Morgan fingerprint density at radius 3 is 2.95 bits per heavy atom. The molecule has 0 bridgehead atoms. The van der Waals surface area contributed by atoms with Crippen LogP contribution in [0.4, 0.5) is 5.69 Å². The molecular formula is C12H14ClN3O3S. The van der Waals surface area contributed by atoms with Crippen molar-refractivity contribution in [1.82, 2.24) is 9.88 Å². The molecule has 108 valence electrons. The van der Waals surface area contributed by atoms with E-state index in [1.54, 1.807) is 16.7 Å². The Bertz CT molecular complexity index is 555. The molecule has 6 nitrogen and oxygen atoms in total. The third-order valence-corrected chi connectivity index (χ3v) is 5.05. The monoisotopic (exact) mass is 315 g/mol. The van der Waals surface area contributed by atoms with Crippen LogP contribution >= 0.6 is 23.4 Å². The van der Waals surface area contributed by atoms with E-state index in [1.165, 1.54) is 12.3 Å². The van der Waals surface area contributed by atoms with Gasteiger partial charge in [0.15, 0.2) is 0 Å². The van der Waals surface area contributed by atoms with E-state index >= 15 is 0 Å². The summed E-state index contributed by atoms with van der Waals surface area (Å²) >= 11 is 7.53. The summed E-state index contributed by atoms with van der Waals surface area (Å²) in [5.41, 5.74) is -0.418. The Morgan fingerprint density at radius 2 is 2.30 bits per heavy atom. The van der Waals surface area contributed by atoms with E-state index < -0.39 is 10.6 Å². The molecule has 0 N–H and O–H groups in total. The van der Waals surface area contributed by atoms with Gasteiger partial charge >= 0.3 is 5.69 Å². The van der Waals surface area contributed by atoms with Crippen molar-refractivity contribution in [2.24, 2.45) is 0 Å². The van der Waals surface area contributed by atoms with Gasteiger partial charge in [-0.25, -0.2) is 4.98 Å². The first-order chi connectivity index (χ1) is 9.43. The second-order valence-corrected chi connectivity index (χ2v) is 6.41. The average Bonchev–Trinajstić information content (AvgIpc) is 2.40. The van der Waals surface area contributed by atoms with Crippen molar-refractivity contribution in [1.29, 1.82) is 0 Å². The molecule has 0 aliphatic carbocycles. The summed E-state index contributed by atoms with van der Waals surface area (Å²) in [4.78, 5) is 28.3. The van der Waals surface area contributed by atoms with Gasteiger partial charge in [0.25, 0.3) is 5.91 Å². The molecule has 20 heavy (non-hydrogen) atoms. The van der Waals surface area contributed by atoms with Gasteiger partial charge in [-0.2, -0.15) is 11.8 Å². The van der Waals surface area contributed by atoms with Crippen LogP contribution in [-0.4, -0.2) is 44.3 Å². The number of pyridine rings is 1. The molecule has 2 unspecified atom stereocenters. The Kier molecular flexibility index (Phi) is 4.49. The number of aromatic nitrogens is 1. The summed E-state index contributed by atoms with van der Waals surface area (Å²) in [7, 11) is 0. The van der Waals surface area contributed by atoms with Gasteiger partial charge in [0, 0.05) is 29.8 Å². The summed E-state index contributed by atoms with van der Waals surface area (Å²) in [5.74, 6) is 0.463. The van der Waals surface area contributed by atoms with Crippen LogP contribution in [0, 0.1) is 10.1 Å². The molecule has 0 radical (unpaired) electrons. The number of amides is 1. The SMILES string of the molecule is CC1SCCN(C(=O)c2ccnc(Cl)c2[N+](=O)[O-])C1C. The molecular weight excluding hydrogens is 302 g/mol. The lowest BCUT2D eigenvalue weighted by Crippen LogP contribution is -2.48. The van der Waals surface area contributed by atoms with Crippen LogP contribution in [0.25, 0.3) is 0 Å². The first-order valence-electron chi connectivity index (χ1n) is 6.15. The summed E-state index contributed by atoms with van der Waals surface area (Å²) in [5, 5.41) is 11.1. The lowest BCUT2D eigenvalue weighted by molar-refractivity contribution is -0.385. The van der Waals surface area contributed by atoms with Crippen LogP contribution in [0.15, 0.2) is 12.3 Å². The standard InChI is InChI=1S/C12H14ClN3O3S/c1-7-8(2)20-6-5-15(7)12(17)9-3-4-14-11(13)10(9)16(18)19/h3-4,7-8H,5-6H2,1-2H3. The minimum atomic E-state index is -0.657. The minimum Gasteiger partial charge on any atom is -0.334 e. The number of halogens is 1. The quantitative estimate of drug-likeness (QED) is 0.476. The average molecular weight is 316 g/mol. The van der Waals surface area contributed by atoms with E-state index in [-0.39, 0.29) is 22.7 Å². The Labute approximate surface area is 125 Å². The van der Waals surface area contributed by atoms with Gasteiger partial charge in [-0.3, -0.25) is 14.9 Å². The van der Waals surface area contributed by atoms with Crippen molar-refractivity contribution in [2.45, 2.75) is 25.1 Å². The molecule has 8 heteroatoms. The van der Waals surface area contributed by atoms with E-state index in [0.717, 1.165) is 5.75 Å². The van der Waals surface area contributed by atoms with E-state index in [4.69, 9.17) is 11.6 Å². The zero-order valence-corrected chi connectivity index (χ0v) is 12.6. The molecule has 0 saturated carbocycles. The highest BCUT2D eigenvalue weighted by molar-refractivity contribution is 8.00. The maximum Gasteiger partial charge on any atom is 0.319 e. The maximum absolute atomic E-state index is 12.6. The third kappa shape index (κ3) is 2.73. The Hall–Kier alpha value is -1.34.